The van der Waals surface area contributed by atoms with Crippen molar-refractivity contribution in [1.29, 1.82) is 10.5 Å². The van der Waals surface area contributed by atoms with Crippen LogP contribution in [0.1, 0.15) is 11.1 Å². The minimum Gasteiger partial charge on any atom is -0.307 e. The second-order valence-corrected chi connectivity index (χ2v) is 18.6. The van der Waals surface area contributed by atoms with Crippen molar-refractivity contribution >= 4 is 77.8 Å². The van der Waals surface area contributed by atoms with Gasteiger partial charge in [-0.15, -0.1) is 0 Å². The van der Waals surface area contributed by atoms with Crippen LogP contribution in [0.25, 0.3) is 86.5 Å². The summed E-state index contributed by atoms with van der Waals surface area (Å²) in [7, 11) is 0. The molecule has 0 saturated carbocycles. The smallest absolute Gasteiger partial charge is 0.187 e. The van der Waals surface area contributed by atoms with E-state index in [1.54, 1.807) is 58.3 Å². The van der Waals surface area contributed by atoms with Gasteiger partial charge >= 0.3 is 0 Å². The van der Waals surface area contributed by atoms with Crippen molar-refractivity contribution < 1.29 is 17.6 Å². The topological polar surface area (TPSA) is 62.8 Å². The summed E-state index contributed by atoms with van der Waals surface area (Å²) < 4.78 is 64.8. The van der Waals surface area contributed by atoms with E-state index in [9.17, 15) is 10.5 Å². The highest BCUT2D eigenvalue weighted by Gasteiger charge is 2.27. The fourth-order valence-corrected chi connectivity index (χ4v) is 10.4. The molecule has 0 fully saturated rings. The van der Waals surface area contributed by atoms with Crippen LogP contribution in [0.5, 0.6) is 0 Å². The highest BCUT2D eigenvalue weighted by Crippen LogP contribution is 2.50. The number of nitrogens with zero attached hydrogens (tertiary/aromatic N) is 6. The molecule has 0 unspecified atom stereocenters. The molecule has 0 amide bonds. The van der Waals surface area contributed by atoms with Gasteiger partial charge in [-0.3, -0.25) is 0 Å². The van der Waals surface area contributed by atoms with Crippen molar-refractivity contribution in [3.63, 3.8) is 0 Å². The fraction of sp³-hybridized carbons (Fsp3) is 0. The average Bonchev–Trinajstić information content (AvgIpc) is 3.68. The lowest BCUT2D eigenvalue weighted by atomic mass is 9.91. The van der Waals surface area contributed by atoms with Crippen LogP contribution in [0.2, 0.25) is 0 Å². The first kappa shape index (κ1) is 47.9. The second kappa shape index (κ2) is 19.7. The molecule has 0 bridgehead atoms. The van der Waals surface area contributed by atoms with Crippen molar-refractivity contribution in [2.24, 2.45) is 0 Å². The standard InChI is InChI=1S/C68H36F4N6/c1-75-53-25-17-45(18-26-53)51-33-49(43-13-9-41(39-73)10-14-43)35-55(37-51)77(63-7-3-5-59(69)67(63)71)61-31-23-47-22-30-58-62(32-24-48-21-29-57(61)65(47)66(48)58)78(64-8-4-6-60(70)68(64)72)56-36-50(44-15-11-42(40-74)12-16-44)34-52(38-56)46-19-27-54(76-2)28-20-46/h3-38H. The molecule has 0 aliphatic rings. The van der Waals surface area contributed by atoms with Crippen molar-refractivity contribution in [3.8, 4) is 56.6 Å². The minimum atomic E-state index is -1.07. The second-order valence-electron chi connectivity index (χ2n) is 18.6. The number of rotatable bonds is 10. The molecule has 0 atom stereocenters. The lowest BCUT2D eigenvalue weighted by Gasteiger charge is -2.30. The van der Waals surface area contributed by atoms with Crippen LogP contribution in [0.4, 0.5) is 63.1 Å². The fourth-order valence-electron chi connectivity index (χ4n) is 10.4. The summed E-state index contributed by atoms with van der Waals surface area (Å²) in [6, 6.07) is 67.9. The van der Waals surface area contributed by atoms with E-state index in [1.807, 2.05) is 133 Å². The number of hydrogen-bond donors (Lipinski definition) is 0. The van der Waals surface area contributed by atoms with Crippen LogP contribution in [0, 0.1) is 59.1 Å². The Kier molecular flexibility index (Phi) is 12.1. The molecule has 366 valence electrons. The van der Waals surface area contributed by atoms with Crippen molar-refractivity contribution in [2.45, 2.75) is 0 Å². The Bertz CT molecular complexity index is 4080. The Balaban J connectivity index is 1.11. The van der Waals surface area contributed by atoms with Gasteiger partial charge in [0.1, 0.15) is 0 Å². The summed E-state index contributed by atoms with van der Waals surface area (Å²) in [5.41, 5.74) is 9.69. The monoisotopic (exact) mass is 1010 g/mol. The first-order chi connectivity index (χ1) is 38.1. The third-order valence-corrected chi connectivity index (χ3v) is 14.2. The van der Waals surface area contributed by atoms with Crippen LogP contribution >= 0.6 is 0 Å². The molecule has 10 heteroatoms. The molecule has 0 aromatic heterocycles. The third-order valence-electron chi connectivity index (χ3n) is 14.2. The molecule has 0 radical (unpaired) electrons. The van der Waals surface area contributed by atoms with E-state index in [0.29, 0.717) is 56.0 Å². The van der Waals surface area contributed by atoms with E-state index < -0.39 is 23.3 Å². The van der Waals surface area contributed by atoms with Gasteiger partial charge in [-0.25, -0.2) is 27.3 Å². The Hall–Kier alpha value is -11.0. The summed E-state index contributed by atoms with van der Waals surface area (Å²) in [6.07, 6.45) is 0. The Morgan fingerprint density at radius 1 is 0.346 bits per heavy atom. The van der Waals surface area contributed by atoms with Gasteiger partial charge in [0.25, 0.3) is 0 Å². The number of anilines is 6. The van der Waals surface area contributed by atoms with Gasteiger partial charge in [0.15, 0.2) is 34.6 Å². The molecule has 0 spiro atoms. The molecule has 78 heavy (non-hydrogen) atoms. The van der Waals surface area contributed by atoms with Crippen molar-refractivity contribution in [3.05, 3.63) is 276 Å². The molecular weight excluding hydrogens is 977 g/mol. The van der Waals surface area contributed by atoms with Crippen LogP contribution in [0.15, 0.2) is 218 Å². The van der Waals surface area contributed by atoms with Gasteiger partial charge in [0, 0.05) is 22.1 Å². The highest BCUT2D eigenvalue weighted by atomic mass is 19.2. The maximum Gasteiger partial charge on any atom is 0.187 e. The number of nitriles is 2. The van der Waals surface area contributed by atoms with E-state index in [2.05, 4.69) is 21.8 Å². The molecule has 6 nitrogen and oxygen atoms in total. The maximum absolute atomic E-state index is 16.7. The summed E-state index contributed by atoms with van der Waals surface area (Å²) in [4.78, 5) is 10.5. The molecule has 0 aliphatic heterocycles. The lowest BCUT2D eigenvalue weighted by molar-refractivity contribution is 0.510. The van der Waals surface area contributed by atoms with Gasteiger partial charge in [-0.05, 0) is 163 Å². The third kappa shape index (κ3) is 8.49. The molecule has 0 saturated heterocycles. The summed E-state index contributed by atoms with van der Waals surface area (Å²) in [5, 5.41) is 23.8. The predicted molar refractivity (Wildman–Crippen MR) is 303 cm³/mol. The molecule has 0 aliphatic carbocycles. The molecule has 12 aromatic rings. The average molecular weight is 1010 g/mol. The van der Waals surface area contributed by atoms with Gasteiger partial charge < -0.3 is 9.80 Å². The summed E-state index contributed by atoms with van der Waals surface area (Å²) >= 11 is 0. The first-order valence-corrected chi connectivity index (χ1v) is 24.6. The van der Waals surface area contributed by atoms with Gasteiger partial charge in [-0.1, -0.05) is 121 Å². The van der Waals surface area contributed by atoms with Gasteiger partial charge in [0.05, 0.1) is 59.2 Å². The van der Waals surface area contributed by atoms with Gasteiger partial charge in [-0.2, -0.15) is 10.5 Å². The maximum atomic E-state index is 16.7. The molecule has 12 aromatic carbocycles. The Morgan fingerprint density at radius 3 is 1.01 bits per heavy atom. The lowest BCUT2D eigenvalue weighted by Crippen LogP contribution is -2.14. The predicted octanol–water partition coefficient (Wildman–Crippen LogP) is 19.6. The number of halogens is 4. The summed E-state index contributed by atoms with van der Waals surface area (Å²) in [5.74, 6) is -4.24. The van der Waals surface area contributed by atoms with Crippen LogP contribution in [0.3, 0.4) is 0 Å². The number of hydrogen-bond acceptors (Lipinski definition) is 4. The Morgan fingerprint density at radius 2 is 0.679 bits per heavy atom. The zero-order valence-electron chi connectivity index (χ0n) is 41.0. The van der Waals surface area contributed by atoms with E-state index >= 15 is 17.6 Å². The Labute approximate surface area is 446 Å². The first-order valence-electron chi connectivity index (χ1n) is 24.6. The van der Waals surface area contributed by atoms with Crippen molar-refractivity contribution in [2.75, 3.05) is 9.80 Å². The van der Waals surface area contributed by atoms with Crippen molar-refractivity contribution in [1.82, 2.24) is 0 Å². The highest BCUT2D eigenvalue weighted by molar-refractivity contribution is 6.28. The molecular formula is C68H36F4N6. The van der Waals surface area contributed by atoms with Crippen LogP contribution < -0.4 is 9.80 Å². The molecule has 12 rings (SSSR count). The number of benzene rings is 12. The zero-order valence-corrected chi connectivity index (χ0v) is 41.0. The largest absolute Gasteiger partial charge is 0.307 e. The van der Waals surface area contributed by atoms with E-state index in [0.717, 1.165) is 78.2 Å². The minimum absolute atomic E-state index is 0.0635. The molecule has 0 N–H and O–H groups in total. The van der Waals surface area contributed by atoms with E-state index in [1.165, 1.54) is 24.3 Å². The van der Waals surface area contributed by atoms with Crippen LogP contribution in [-0.4, -0.2) is 0 Å². The molecule has 0 heterocycles. The van der Waals surface area contributed by atoms with E-state index in [-0.39, 0.29) is 11.4 Å². The quantitative estimate of drug-likeness (QED) is 0.0778. The van der Waals surface area contributed by atoms with Gasteiger partial charge in [0.2, 0.25) is 0 Å². The zero-order chi connectivity index (χ0) is 53.6. The summed E-state index contributed by atoms with van der Waals surface area (Å²) in [6.45, 7) is 15.1. The SMILES string of the molecule is [C-]#[N+]c1ccc(-c2cc(-c3ccc(C#N)cc3)cc(N(c3cccc(F)c3F)c3ccc4ccc5c(N(c6cc(-c7ccc(C#N)cc7)cc(-c7ccc([N+]#[C-])cc7)c6)c6cccc(F)c6F)ccc6ccc3c4c65)c2)cc1. The normalized spacial score (nSPS) is 11.0. The van der Waals surface area contributed by atoms with Crippen LogP contribution in [-0.2, 0) is 0 Å². The van der Waals surface area contributed by atoms with E-state index in [4.69, 9.17) is 13.1 Å².